The Morgan fingerprint density at radius 2 is 1.96 bits per heavy atom. The van der Waals surface area contributed by atoms with Crippen molar-refractivity contribution in [2.24, 2.45) is 0 Å². The zero-order chi connectivity index (χ0) is 16.7. The standard InChI is InChI=1S/C15H8ClN5O2S/c16-10-3-1-9(2-4-10)11-7-24-15-13(11)14(17-8-18-15)20-6-5-12(19-20)21(22)23/h1-8H. The van der Waals surface area contributed by atoms with E-state index in [9.17, 15) is 10.1 Å². The number of nitro groups is 1. The molecule has 0 spiro atoms. The highest BCUT2D eigenvalue weighted by Gasteiger charge is 2.19. The van der Waals surface area contributed by atoms with Crippen LogP contribution in [0, 0.1) is 10.1 Å². The van der Waals surface area contributed by atoms with Crippen molar-refractivity contribution in [3.63, 3.8) is 0 Å². The van der Waals surface area contributed by atoms with Crippen LogP contribution in [0.2, 0.25) is 5.02 Å². The van der Waals surface area contributed by atoms with Crippen molar-refractivity contribution < 1.29 is 4.92 Å². The molecule has 0 aliphatic heterocycles. The zero-order valence-corrected chi connectivity index (χ0v) is 13.5. The number of hydrogen-bond acceptors (Lipinski definition) is 6. The number of fused-ring (bicyclic) bond motifs is 1. The molecule has 0 aliphatic rings. The van der Waals surface area contributed by atoms with Gasteiger partial charge in [0.25, 0.3) is 0 Å². The maximum Gasteiger partial charge on any atom is 0.390 e. The molecule has 0 unspecified atom stereocenters. The second kappa shape index (κ2) is 5.66. The van der Waals surface area contributed by atoms with Crippen LogP contribution in [0.25, 0.3) is 27.2 Å². The molecule has 1 aromatic carbocycles. The maximum absolute atomic E-state index is 10.9. The quantitative estimate of drug-likeness (QED) is 0.407. The van der Waals surface area contributed by atoms with Crippen LogP contribution in [0.15, 0.2) is 48.2 Å². The van der Waals surface area contributed by atoms with Crippen molar-refractivity contribution in [1.82, 2.24) is 19.7 Å². The summed E-state index contributed by atoms with van der Waals surface area (Å²) in [5.74, 6) is 0.268. The first-order valence-corrected chi connectivity index (χ1v) is 8.08. The minimum atomic E-state index is -0.539. The number of thiophene rings is 1. The number of halogens is 1. The number of rotatable bonds is 3. The van der Waals surface area contributed by atoms with Crippen molar-refractivity contribution in [1.29, 1.82) is 0 Å². The molecule has 7 nitrogen and oxygen atoms in total. The number of aromatic nitrogens is 4. The van der Waals surface area contributed by atoms with Gasteiger partial charge in [0, 0.05) is 16.0 Å². The Morgan fingerprint density at radius 3 is 2.67 bits per heavy atom. The van der Waals surface area contributed by atoms with Gasteiger partial charge < -0.3 is 10.1 Å². The molecule has 118 valence electrons. The third kappa shape index (κ3) is 2.41. The molecule has 24 heavy (non-hydrogen) atoms. The lowest BCUT2D eigenvalue weighted by molar-refractivity contribution is -0.389. The fraction of sp³-hybridized carbons (Fsp3) is 0. The van der Waals surface area contributed by atoms with Gasteiger partial charge in [0.2, 0.25) is 0 Å². The van der Waals surface area contributed by atoms with Crippen LogP contribution < -0.4 is 0 Å². The average molecular weight is 358 g/mol. The summed E-state index contributed by atoms with van der Waals surface area (Å²) in [6, 6.07) is 8.77. The Bertz CT molecular complexity index is 1060. The Labute approximate surface area is 144 Å². The molecule has 0 saturated heterocycles. The predicted octanol–water partition coefficient (Wildman–Crippen LogP) is 4.11. The van der Waals surface area contributed by atoms with Gasteiger partial charge in [-0.05, 0) is 22.6 Å². The summed E-state index contributed by atoms with van der Waals surface area (Å²) in [5.41, 5.74) is 1.89. The van der Waals surface area contributed by atoms with Gasteiger partial charge in [-0.1, -0.05) is 23.7 Å². The fourth-order valence-corrected chi connectivity index (χ4v) is 3.44. The van der Waals surface area contributed by atoms with Gasteiger partial charge in [0.1, 0.15) is 11.2 Å². The summed E-state index contributed by atoms with van der Waals surface area (Å²) in [5, 5.41) is 18.3. The van der Waals surface area contributed by atoms with Gasteiger partial charge in [0.15, 0.2) is 5.82 Å². The van der Waals surface area contributed by atoms with Crippen LogP contribution in [0.1, 0.15) is 0 Å². The summed E-state index contributed by atoms with van der Waals surface area (Å²) in [6.07, 6.45) is 2.94. The molecule has 4 rings (SSSR count). The van der Waals surface area contributed by atoms with Crippen LogP contribution in [-0.2, 0) is 0 Å². The molecule has 0 bridgehead atoms. The highest BCUT2D eigenvalue weighted by atomic mass is 35.5. The smallest absolute Gasteiger partial charge is 0.358 e. The summed E-state index contributed by atoms with van der Waals surface area (Å²) in [7, 11) is 0. The van der Waals surface area contributed by atoms with Gasteiger partial charge in [0.05, 0.1) is 22.7 Å². The van der Waals surface area contributed by atoms with E-state index in [0.717, 1.165) is 21.3 Å². The number of nitrogens with zero attached hydrogens (tertiary/aromatic N) is 5. The van der Waals surface area contributed by atoms with E-state index < -0.39 is 4.92 Å². The van der Waals surface area contributed by atoms with E-state index in [4.69, 9.17) is 11.6 Å². The van der Waals surface area contributed by atoms with Gasteiger partial charge in [-0.2, -0.15) is 0 Å². The molecule has 0 amide bonds. The van der Waals surface area contributed by atoms with Crippen molar-refractivity contribution in [3.8, 4) is 16.9 Å². The second-order valence-electron chi connectivity index (χ2n) is 4.91. The van der Waals surface area contributed by atoms with Crippen molar-refractivity contribution in [3.05, 3.63) is 63.4 Å². The molecule has 4 aromatic rings. The van der Waals surface area contributed by atoms with Crippen LogP contribution in [0.4, 0.5) is 5.82 Å². The molecule has 0 saturated carbocycles. The van der Waals surface area contributed by atoms with E-state index in [0.29, 0.717) is 10.8 Å². The van der Waals surface area contributed by atoms with Crippen LogP contribution in [0.3, 0.4) is 0 Å². The highest BCUT2D eigenvalue weighted by molar-refractivity contribution is 7.17. The highest BCUT2D eigenvalue weighted by Crippen LogP contribution is 2.36. The molecule has 0 fully saturated rings. The summed E-state index contributed by atoms with van der Waals surface area (Å²) in [6.45, 7) is 0. The van der Waals surface area contributed by atoms with Crippen LogP contribution in [-0.4, -0.2) is 24.7 Å². The minimum Gasteiger partial charge on any atom is -0.358 e. The minimum absolute atomic E-state index is 0.231. The van der Waals surface area contributed by atoms with Crippen molar-refractivity contribution >= 4 is 39.0 Å². The normalized spacial score (nSPS) is 11.0. The second-order valence-corrected chi connectivity index (χ2v) is 6.20. The molecular weight excluding hydrogens is 350 g/mol. The topological polar surface area (TPSA) is 86.7 Å². The first-order valence-electron chi connectivity index (χ1n) is 6.82. The summed E-state index contributed by atoms with van der Waals surface area (Å²) in [4.78, 5) is 19.7. The lowest BCUT2D eigenvalue weighted by atomic mass is 10.1. The first-order chi connectivity index (χ1) is 11.6. The van der Waals surface area contributed by atoms with Crippen molar-refractivity contribution in [2.45, 2.75) is 0 Å². The fourth-order valence-electron chi connectivity index (χ4n) is 2.40. The molecule has 0 radical (unpaired) electrons. The lowest BCUT2D eigenvalue weighted by Crippen LogP contribution is -2.01. The molecule has 9 heteroatoms. The average Bonchev–Trinajstić information content (AvgIpc) is 3.22. The van der Waals surface area contributed by atoms with E-state index in [-0.39, 0.29) is 5.82 Å². The first kappa shape index (κ1) is 14.7. The van der Waals surface area contributed by atoms with Gasteiger partial charge in [-0.15, -0.1) is 16.0 Å². The Hall–Kier alpha value is -2.84. The molecule has 0 aliphatic carbocycles. The lowest BCUT2D eigenvalue weighted by Gasteiger charge is -2.03. The summed E-state index contributed by atoms with van der Waals surface area (Å²) >= 11 is 7.43. The van der Waals surface area contributed by atoms with E-state index in [2.05, 4.69) is 15.1 Å². The van der Waals surface area contributed by atoms with Crippen molar-refractivity contribution in [2.75, 3.05) is 0 Å². The predicted molar refractivity (Wildman–Crippen MR) is 91.6 cm³/mol. The van der Waals surface area contributed by atoms with Gasteiger partial charge in [-0.3, -0.25) is 0 Å². The Kier molecular flexibility index (Phi) is 3.47. The SMILES string of the molecule is O=[N+]([O-])c1ccn(-c2ncnc3scc(-c4ccc(Cl)cc4)c23)n1. The Balaban J connectivity index is 1.94. The molecular formula is C15H8ClN5O2S. The van der Waals surface area contributed by atoms with Crippen LogP contribution in [0.5, 0.6) is 0 Å². The molecule has 3 heterocycles. The third-order valence-electron chi connectivity index (χ3n) is 3.48. The summed E-state index contributed by atoms with van der Waals surface area (Å²) < 4.78 is 1.40. The Morgan fingerprint density at radius 1 is 1.17 bits per heavy atom. The van der Waals surface area contributed by atoms with Gasteiger partial charge >= 0.3 is 5.82 Å². The van der Waals surface area contributed by atoms with E-state index in [1.807, 2.05) is 29.6 Å². The van der Waals surface area contributed by atoms with E-state index >= 15 is 0 Å². The largest absolute Gasteiger partial charge is 0.390 e. The number of hydrogen-bond donors (Lipinski definition) is 0. The molecule has 0 N–H and O–H groups in total. The molecule has 0 atom stereocenters. The van der Waals surface area contributed by atoms with Gasteiger partial charge in [-0.25, -0.2) is 9.97 Å². The zero-order valence-electron chi connectivity index (χ0n) is 12.0. The van der Waals surface area contributed by atoms with E-state index in [1.54, 1.807) is 0 Å². The van der Waals surface area contributed by atoms with Crippen LogP contribution >= 0.6 is 22.9 Å². The third-order valence-corrected chi connectivity index (χ3v) is 4.62. The molecule has 3 aromatic heterocycles. The van der Waals surface area contributed by atoms with E-state index in [1.165, 1.54) is 34.6 Å². The number of benzene rings is 1. The maximum atomic E-state index is 10.9. The monoisotopic (exact) mass is 357 g/mol.